The zero-order valence-corrected chi connectivity index (χ0v) is 9.28. The van der Waals surface area contributed by atoms with Gasteiger partial charge in [-0.2, -0.15) is 0 Å². The van der Waals surface area contributed by atoms with Crippen LogP contribution < -0.4 is 5.84 Å². The van der Waals surface area contributed by atoms with Gasteiger partial charge in [-0.15, -0.1) is 5.11 Å². The summed E-state index contributed by atoms with van der Waals surface area (Å²) in [5.74, 6) is 5.75. The summed E-state index contributed by atoms with van der Waals surface area (Å²) in [5, 5.41) is 6.50. The van der Waals surface area contributed by atoms with Gasteiger partial charge in [0.15, 0.2) is 5.82 Å². The van der Waals surface area contributed by atoms with E-state index < -0.39 is 0 Å². The molecule has 1 heterocycles. The van der Waals surface area contributed by atoms with Crippen molar-refractivity contribution in [3.05, 3.63) is 23.4 Å². The molecule has 0 fully saturated rings. The Balaban J connectivity index is 2.19. The maximum absolute atomic E-state index is 10.5. The van der Waals surface area contributed by atoms with Crippen molar-refractivity contribution in [1.82, 2.24) is 4.98 Å². The van der Waals surface area contributed by atoms with Gasteiger partial charge in [0.1, 0.15) is 12.6 Å². The van der Waals surface area contributed by atoms with Crippen LogP contribution in [0.2, 0.25) is 0 Å². The molecular formula is C11H13N5O. The van der Waals surface area contributed by atoms with E-state index in [4.69, 9.17) is 5.84 Å². The fraction of sp³-hybridized carbons (Fsp3) is 0.364. The molecule has 0 aromatic carbocycles. The average molecular weight is 231 g/mol. The number of aromatic nitrogens is 1. The average Bonchev–Trinajstić information content (AvgIpc) is 2.73. The second kappa shape index (κ2) is 5.29. The van der Waals surface area contributed by atoms with Crippen molar-refractivity contribution in [2.45, 2.75) is 25.2 Å². The number of nitrogens with zero attached hydrogens (tertiary/aromatic N) is 4. The standard InChI is InChI=1S/C11H13N5O/c12-16-14-7-13-11-4-2-9-8(5-6-17)1-3-10(9)15-11/h2,4,6-8H,1,3,5H2,(H2,12,13,14,15). The van der Waals surface area contributed by atoms with Crippen LogP contribution in [0.3, 0.4) is 0 Å². The molecule has 17 heavy (non-hydrogen) atoms. The van der Waals surface area contributed by atoms with E-state index in [9.17, 15) is 4.79 Å². The highest BCUT2D eigenvalue weighted by molar-refractivity contribution is 5.60. The molecule has 0 aliphatic heterocycles. The molecule has 0 spiro atoms. The highest BCUT2D eigenvalue weighted by atomic mass is 16.1. The summed E-state index contributed by atoms with van der Waals surface area (Å²) in [6.07, 6.45) is 4.67. The number of carbonyl (C=O) groups excluding carboxylic acids is 1. The van der Waals surface area contributed by atoms with Crippen LogP contribution in [-0.2, 0) is 11.2 Å². The molecule has 6 heteroatoms. The van der Waals surface area contributed by atoms with Gasteiger partial charge in [-0.05, 0) is 30.4 Å². The molecule has 0 radical (unpaired) electrons. The predicted molar refractivity (Wildman–Crippen MR) is 63.2 cm³/mol. The van der Waals surface area contributed by atoms with Crippen LogP contribution >= 0.6 is 0 Å². The summed E-state index contributed by atoms with van der Waals surface area (Å²) in [6.45, 7) is 0. The van der Waals surface area contributed by atoms with Gasteiger partial charge in [0.2, 0.25) is 0 Å². The Morgan fingerprint density at radius 1 is 1.53 bits per heavy atom. The Morgan fingerprint density at radius 2 is 2.41 bits per heavy atom. The van der Waals surface area contributed by atoms with Gasteiger partial charge in [-0.1, -0.05) is 11.3 Å². The number of aryl methyl sites for hydroxylation is 1. The summed E-state index contributed by atoms with van der Waals surface area (Å²) in [6, 6.07) is 3.79. The Morgan fingerprint density at radius 3 is 3.18 bits per heavy atom. The number of aliphatic imine (C=N–C) groups is 1. The summed E-state index contributed by atoms with van der Waals surface area (Å²) < 4.78 is 0. The van der Waals surface area contributed by atoms with Crippen LogP contribution in [0.25, 0.3) is 0 Å². The topological polar surface area (TPSA) is 93.1 Å². The molecule has 1 atom stereocenters. The number of rotatable bonds is 4. The first-order valence-corrected chi connectivity index (χ1v) is 5.41. The monoisotopic (exact) mass is 231 g/mol. The van der Waals surface area contributed by atoms with Gasteiger partial charge >= 0.3 is 0 Å². The van der Waals surface area contributed by atoms with Crippen LogP contribution in [0.1, 0.15) is 30.0 Å². The first kappa shape index (κ1) is 11.4. The lowest BCUT2D eigenvalue weighted by molar-refractivity contribution is -0.108. The molecule has 1 aliphatic carbocycles. The molecule has 2 rings (SSSR count). The van der Waals surface area contributed by atoms with Crippen LogP contribution in [-0.4, -0.2) is 17.6 Å². The van der Waals surface area contributed by atoms with Gasteiger partial charge in [0, 0.05) is 12.1 Å². The molecule has 1 unspecified atom stereocenters. The Labute approximate surface area is 98.6 Å². The Hall–Kier alpha value is -2.11. The number of carbonyl (C=O) groups is 1. The quantitative estimate of drug-likeness (QED) is 0.213. The lowest BCUT2D eigenvalue weighted by atomic mass is 10.0. The zero-order valence-electron chi connectivity index (χ0n) is 9.28. The van der Waals surface area contributed by atoms with Crippen molar-refractivity contribution >= 4 is 18.4 Å². The van der Waals surface area contributed by atoms with Crippen LogP contribution in [0.5, 0.6) is 0 Å². The first-order valence-electron chi connectivity index (χ1n) is 5.41. The van der Waals surface area contributed by atoms with E-state index in [0.29, 0.717) is 18.2 Å². The van der Waals surface area contributed by atoms with Crippen molar-refractivity contribution in [1.29, 1.82) is 0 Å². The lowest BCUT2D eigenvalue weighted by Crippen LogP contribution is -1.94. The number of nitrogens with two attached hydrogens (primary N) is 1. The highest BCUT2D eigenvalue weighted by Gasteiger charge is 2.23. The van der Waals surface area contributed by atoms with Gasteiger partial charge < -0.3 is 10.6 Å². The molecule has 6 nitrogen and oxygen atoms in total. The van der Waals surface area contributed by atoms with Gasteiger partial charge in [-0.25, -0.2) is 9.98 Å². The molecule has 88 valence electrons. The Kier molecular flexibility index (Phi) is 3.54. The molecule has 0 saturated carbocycles. The van der Waals surface area contributed by atoms with Crippen molar-refractivity contribution < 1.29 is 4.79 Å². The minimum atomic E-state index is 0.316. The second-order valence-corrected chi connectivity index (χ2v) is 3.82. The molecule has 0 saturated heterocycles. The molecule has 2 N–H and O–H groups in total. The molecular weight excluding hydrogens is 218 g/mol. The fourth-order valence-corrected chi connectivity index (χ4v) is 2.09. The first-order chi connectivity index (χ1) is 8.35. The SMILES string of the molecule is NN=NC=Nc1ccc2c(n1)CCC2CC=O. The minimum Gasteiger partial charge on any atom is -0.305 e. The number of hydrogen-bond donors (Lipinski definition) is 1. The maximum Gasteiger partial charge on any atom is 0.154 e. The third-order valence-electron chi connectivity index (χ3n) is 2.85. The van der Waals surface area contributed by atoms with E-state index in [1.165, 1.54) is 6.34 Å². The van der Waals surface area contributed by atoms with E-state index in [0.717, 1.165) is 30.4 Å². The molecule has 1 aliphatic rings. The third kappa shape index (κ3) is 2.52. The van der Waals surface area contributed by atoms with Gasteiger partial charge in [0.25, 0.3) is 0 Å². The van der Waals surface area contributed by atoms with E-state index in [1.807, 2.05) is 12.1 Å². The number of aldehydes is 1. The number of pyridine rings is 1. The predicted octanol–water partition coefficient (Wildman–Crippen LogP) is 1.69. The van der Waals surface area contributed by atoms with Crippen molar-refractivity contribution in [3.8, 4) is 0 Å². The second-order valence-electron chi connectivity index (χ2n) is 3.82. The van der Waals surface area contributed by atoms with Crippen LogP contribution in [0.4, 0.5) is 5.82 Å². The van der Waals surface area contributed by atoms with Crippen LogP contribution in [0, 0.1) is 0 Å². The molecule has 1 aromatic heterocycles. The zero-order chi connectivity index (χ0) is 12.1. The smallest absolute Gasteiger partial charge is 0.154 e. The van der Waals surface area contributed by atoms with Crippen LogP contribution in [0.15, 0.2) is 27.5 Å². The van der Waals surface area contributed by atoms with E-state index in [-0.39, 0.29) is 0 Å². The largest absolute Gasteiger partial charge is 0.305 e. The van der Waals surface area contributed by atoms with Crippen molar-refractivity contribution in [2.75, 3.05) is 0 Å². The molecule has 0 amide bonds. The summed E-state index contributed by atoms with van der Waals surface area (Å²) in [4.78, 5) is 18.9. The van der Waals surface area contributed by atoms with Gasteiger partial charge in [-0.3, -0.25) is 0 Å². The minimum absolute atomic E-state index is 0.316. The van der Waals surface area contributed by atoms with E-state index in [2.05, 4.69) is 20.3 Å². The van der Waals surface area contributed by atoms with Crippen molar-refractivity contribution in [2.24, 2.45) is 21.2 Å². The molecule has 0 bridgehead atoms. The van der Waals surface area contributed by atoms with E-state index in [1.54, 1.807) is 0 Å². The van der Waals surface area contributed by atoms with Gasteiger partial charge in [0.05, 0.1) is 0 Å². The summed E-state index contributed by atoms with van der Waals surface area (Å²) in [7, 11) is 0. The Bertz CT molecular complexity index is 469. The fourth-order valence-electron chi connectivity index (χ4n) is 2.09. The summed E-state index contributed by atoms with van der Waals surface area (Å²) in [5.41, 5.74) is 2.19. The maximum atomic E-state index is 10.5. The van der Waals surface area contributed by atoms with E-state index >= 15 is 0 Å². The number of fused-ring (bicyclic) bond motifs is 1. The normalized spacial score (nSPS) is 18.9. The highest BCUT2D eigenvalue weighted by Crippen LogP contribution is 2.34. The lowest BCUT2D eigenvalue weighted by Gasteiger charge is -2.06. The van der Waals surface area contributed by atoms with Crippen molar-refractivity contribution in [3.63, 3.8) is 0 Å². The third-order valence-corrected chi connectivity index (χ3v) is 2.85. The summed E-state index contributed by atoms with van der Waals surface area (Å²) >= 11 is 0. The molecule has 1 aromatic rings. The number of hydrogen-bond acceptors (Lipinski definition) is 4.